The third kappa shape index (κ3) is 6.30. The number of hydrogen-bond acceptors (Lipinski definition) is 7. The quantitative estimate of drug-likeness (QED) is 0.292. The minimum absolute atomic E-state index is 0.284. The number of rotatable bonds is 10. The predicted molar refractivity (Wildman–Crippen MR) is 151 cm³/mol. The van der Waals surface area contributed by atoms with Crippen LogP contribution in [-0.2, 0) is 10.0 Å². The van der Waals surface area contributed by atoms with Crippen molar-refractivity contribution in [2.45, 2.75) is 17.7 Å². The fraction of sp³-hybridized carbons (Fsp3) is 0.321. The van der Waals surface area contributed by atoms with E-state index in [1.807, 2.05) is 36.4 Å². The Morgan fingerprint density at radius 3 is 2.46 bits per heavy atom. The fourth-order valence-electron chi connectivity index (χ4n) is 4.53. The van der Waals surface area contributed by atoms with Crippen LogP contribution in [0.25, 0.3) is 21.3 Å². The first-order valence-electron chi connectivity index (χ1n) is 12.6. The van der Waals surface area contributed by atoms with Crippen molar-refractivity contribution in [1.82, 2.24) is 14.6 Å². The first kappa shape index (κ1) is 25.7. The van der Waals surface area contributed by atoms with E-state index in [4.69, 9.17) is 9.72 Å². The minimum Gasteiger partial charge on any atom is -0.497 e. The lowest BCUT2D eigenvalue weighted by Gasteiger charge is -2.34. The van der Waals surface area contributed by atoms with Crippen molar-refractivity contribution in [3.05, 3.63) is 72.8 Å². The molecule has 1 N–H and O–H groups in total. The Morgan fingerprint density at radius 1 is 0.919 bits per heavy atom. The van der Waals surface area contributed by atoms with E-state index in [-0.39, 0.29) is 4.90 Å². The van der Waals surface area contributed by atoms with Gasteiger partial charge in [0.05, 0.1) is 22.2 Å². The molecular formula is C28H32N4O3S2. The molecule has 5 rings (SSSR count). The molecule has 3 aromatic carbocycles. The van der Waals surface area contributed by atoms with Crippen molar-refractivity contribution < 1.29 is 13.2 Å². The number of fused-ring (bicyclic) bond motifs is 1. The van der Waals surface area contributed by atoms with Gasteiger partial charge < -0.3 is 9.64 Å². The van der Waals surface area contributed by atoms with Crippen LogP contribution in [0.3, 0.4) is 0 Å². The van der Waals surface area contributed by atoms with Crippen LogP contribution >= 0.6 is 11.3 Å². The van der Waals surface area contributed by atoms with E-state index >= 15 is 0 Å². The fourth-order valence-corrected chi connectivity index (χ4v) is 6.67. The minimum atomic E-state index is -3.56. The molecule has 4 aromatic rings. The molecule has 0 amide bonds. The van der Waals surface area contributed by atoms with Crippen LogP contribution in [0.1, 0.15) is 12.8 Å². The molecule has 9 heteroatoms. The number of sulfonamides is 1. The predicted octanol–water partition coefficient (Wildman–Crippen LogP) is 4.85. The maximum atomic E-state index is 12.9. The summed E-state index contributed by atoms with van der Waals surface area (Å²) >= 11 is 1.76. The lowest BCUT2D eigenvalue weighted by molar-refractivity contribution is 0.253. The summed E-state index contributed by atoms with van der Waals surface area (Å²) in [5.74, 6) is 0.768. The number of nitrogens with one attached hydrogen (secondary N) is 1. The van der Waals surface area contributed by atoms with Crippen LogP contribution < -0.4 is 14.4 Å². The summed E-state index contributed by atoms with van der Waals surface area (Å²) < 4.78 is 34.9. The molecule has 37 heavy (non-hydrogen) atoms. The van der Waals surface area contributed by atoms with Gasteiger partial charge in [-0.1, -0.05) is 47.7 Å². The second kappa shape index (κ2) is 11.6. The van der Waals surface area contributed by atoms with Gasteiger partial charge in [0, 0.05) is 32.7 Å². The average molecular weight is 537 g/mol. The van der Waals surface area contributed by atoms with Gasteiger partial charge in [0.15, 0.2) is 5.13 Å². The number of piperazine rings is 1. The van der Waals surface area contributed by atoms with Gasteiger partial charge in [0.25, 0.3) is 0 Å². The van der Waals surface area contributed by atoms with E-state index < -0.39 is 10.0 Å². The lowest BCUT2D eigenvalue weighted by atomic mass is 10.1. The number of hydrogen-bond donors (Lipinski definition) is 1. The summed E-state index contributed by atoms with van der Waals surface area (Å²) in [5, 5.41) is 1.10. The van der Waals surface area contributed by atoms with Crippen LogP contribution in [-0.4, -0.2) is 64.7 Å². The van der Waals surface area contributed by atoms with Gasteiger partial charge in [0.1, 0.15) is 5.75 Å². The Bertz CT molecular complexity index is 1400. The van der Waals surface area contributed by atoms with E-state index in [0.717, 1.165) is 73.1 Å². The number of nitrogens with zero attached hydrogens (tertiary/aromatic N) is 3. The average Bonchev–Trinajstić information content (AvgIpc) is 3.38. The van der Waals surface area contributed by atoms with Crippen molar-refractivity contribution in [2.24, 2.45) is 0 Å². The SMILES string of the molecule is COc1ccc(-c2cccc(S(=O)(=O)NCCCCN3CCN(c4nc5ccccc5s4)CC3)c2)cc1. The van der Waals surface area contributed by atoms with Crippen molar-refractivity contribution in [3.8, 4) is 16.9 Å². The molecule has 0 aliphatic carbocycles. The summed E-state index contributed by atoms with van der Waals surface area (Å²) in [6.07, 6.45) is 1.75. The standard InChI is InChI=1S/C28H32N4O3S2/c1-35-24-13-11-22(12-14-24)23-7-6-8-25(21-23)37(33,34)29-15-4-5-16-31-17-19-32(20-18-31)28-30-26-9-2-3-10-27(26)36-28/h2-3,6-14,21,29H,4-5,15-20H2,1H3. The number of aromatic nitrogens is 1. The third-order valence-corrected chi connectivity index (χ3v) is 9.24. The molecule has 0 unspecified atom stereocenters. The normalized spacial score (nSPS) is 14.8. The number of ether oxygens (including phenoxy) is 1. The summed E-state index contributed by atoms with van der Waals surface area (Å²) in [5.41, 5.74) is 2.87. The second-order valence-corrected chi connectivity index (χ2v) is 11.9. The number of anilines is 1. The van der Waals surface area contributed by atoms with Gasteiger partial charge in [-0.05, 0) is 66.9 Å². The highest BCUT2D eigenvalue weighted by Crippen LogP contribution is 2.29. The van der Waals surface area contributed by atoms with Gasteiger partial charge in [0.2, 0.25) is 10.0 Å². The number of thiazole rings is 1. The molecule has 0 saturated carbocycles. The zero-order valence-electron chi connectivity index (χ0n) is 21.0. The molecule has 1 saturated heterocycles. The maximum Gasteiger partial charge on any atom is 0.240 e. The third-order valence-electron chi connectivity index (χ3n) is 6.69. The van der Waals surface area contributed by atoms with Gasteiger partial charge >= 0.3 is 0 Å². The van der Waals surface area contributed by atoms with Crippen molar-refractivity contribution in [3.63, 3.8) is 0 Å². The Labute approximate surface area is 222 Å². The van der Waals surface area contributed by atoms with E-state index in [0.29, 0.717) is 6.54 Å². The van der Waals surface area contributed by atoms with Gasteiger partial charge in [-0.25, -0.2) is 18.1 Å². The number of para-hydroxylation sites is 1. The van der Waals surface area contributed by atoms with Crippen LogP contribution in [0.5, 0.6) is 5.75 Å². The Kier molecular flexibility index (Phi) is 8.05. The van der Waals surface area contributed by atoms with E-state index in [9.17, 15) is 8.42 Å². The molecule has 0 bridgehead atoms. The van der Waals surface area contributed by atoms with Crippen molar-refractivity contribution in [2.75, 3.05) is 51.3 Å². The zero-order chi connectivity index (χ0) is 25.7. The van der Waals surface area contributed by atoms with Crippen molar-refractivity contribution >= 4 is 36.7 Å². The largest absolute Gasteiger partial charge is 0.497 e. The molecule has 1 fully saturated rings. The summed E-state index contributed by atoms with van der Waals surface area (Å²) in [6.45, 7) is 5.34. The molecule has 1 aromatic heterocycles. The second-order valence-electron chi connectivity index (χ2n) is 9.15. The lowest BCUT2D eigenvalue weighted by Crippen LogP contribution is -2.46. The summed E-state index contributed by atoms with van der Waals surface area (Å²) in [4.78, 5) is 9.89. The van der Waals surface area contributed by atoms with Crippen LogP contribution in [0.2, 0.25) is 0 Å². The first-order chi connectivity index (χ1) is 18.0. The number of unbranched alkanes of at least 4 members (excludes halogenated alkanes) is 1. The molecule has 0 atom stereocenters. The van der Waals surface area contributed by atoms with E-state index in [1.165, 1.54) is 4.70 Å². The van der Waals surface area contributed by atoms with E-state index in [1.54, 1.807) is 36.6 Å². The zero-order valence-corrected chi connectivity index (χ0v) is 22.6. The highest BCUT2D eigenvalue weighted by atomic mass is 32.2. The van der Waals surface area contributed by atoms with Gasteiger partial charge in [-0.2, -0.15) is 0 Å². The molecular weight excluding hydrogens is 504 g/mol. The molecule has 194 valence electrons. The smallest absolute Gasteiger partial charge is 0.240 e. The first-order valence-corrected chi connectivity index (χ1v) is 14.9. The number of benzene rings is 3. The van der Waals surface area contributed by atoms with Crippen LogP contribution in [0, 0.1) is 0 Å². The van der Waals surface area contributed by atoms with Crippen LogP contribution in [0.15, 0.2) is 77.7 Å². The monoisotopic (exact) mass is 536 g/mol. The Balaban J connectivity index is 1.06. The molecule has 1 aliphatic heterocycles. The maximum absolute atomic E-state index is 12.9. The molecule has 2 heterocycles. The highest BCUT2D eigenvalue weighted by Gasteiger charge is 2.20. The van der Waals surface area contributed by atoms with Gasteiger partial charge in [-0.3, -0.25) is 4.90 Å². The Morgan fingerprint density at radius 2 is 1.70 bits per heavy atom. The van der Waals surface area contributed by atoms with Crippen LogP contribution in [0.4, 0.5) is 5.13 Å². The highest BCUT2D eigenvalue weighted by molar-refractivity contribution is 7.89. The van der Waals surface area contributed by atoms with Gasteiger partial charge in [-0.15, -0.1) is 0 Å². The van der Waals surface area contributed by atoms with Crippen molar-refractivity contribution in [1.29, 1.82) is 0 Å². The van der Waals surface area contributed by atoms with E-state index in [2.05, 4.69) is 32.7 Å². The molecule has 0 spiro atoms. The topological polar surface area (TPSA) is 74.8 Å². The molecule has 1 aliphatic rings. The molecule has 0 radical (unpaired) electrons. The Hall–Kier alpha value is -2.98. The molecule has 7 nitrogen and oxygen atoms in total. The summed E-state index contributed by atoms with van der Waals surface area (Å²) in [6, 6.07) is 22.9. The summed E-state index contributed by atoms with van der Waals surface area (Å²) in [7, 11) is -1.93. The number of methoxy groups -OCH3 is 1.